The van der Waals surface area contributed by atoms with Crippen LogP contribution in [0.15, 0.2) is 29.6 Å². The third kappa shape index (κ3) is 3.99. The van der Waals surface area contributed by atoms with Crippen LogP contribution in [0.2, 0.25) is 0 Å². The number of fused-ring (bicyclic) bond motifs is 1. The molecular formula is C21H22N4O3S2. The minimum absolute atomic E-state index is 0.0941. The molecule has 1 aliphatic rings. The SMILES string of the molecule is COc1cc(NC(=O)CSc2ncnc3sc(C)c(C)c23)ccc1N1CCCC1=O. The zero-order valence-electron chi connectivity index (χ0n) is 17.0. The number of benzene rings is 1. The summed E-state index contributed by atoms with van der Waals surface area (Å²) >= 11 is 3.04. The second-order valence-electron chi connectivity index (χ2n) is 7.01. The van der Waals surface area contributed by atoms with Crippen molar-refractivity contribution in [3.63, 3.8) is 0 Å². The quantitative estimate of drug-likeness (QED) is 0.456. The van der Waals surface area contributed by atoms with Gasteiger partial charge in [0, 0.05) is 35.0 Å². The van der Waals surface area contributed by atoms with Crippen molar-refractivity contribution in [3.05, 3.63) is 35.0 Å². The Balaban J connectivity index is 1.45. The van der Waals surface area contributed by atoms with Crippen molar-refractivity contribution in [2.45, 2.75) is 31.7 Å². The zero-order valence-corrected chi connectivity index (χ0v) is 18.7. The van der Waals surface area contributed by atoms with E-state index in [-0.39, 0.29) is 17.6 Å². The number of carbonyl (C=O) groups excluding carboxylic acids is 2. The number of aromatic nitrogens is 2. The number of thiophene rings is 1. The molecule has 2 amide bonds. The molecule has 2 aromatic heterocycles. The molecule has 0 spiro atoms. The molecule has 1 N–H and O–H groups in total. The molecule has 4 rings (SSSR count). The highest BCUT2D eigenvalue weighted by molar-refractivity contribution is 8.00. The Bertz CT molecular complexity index is 1130. The van der Waals surface area contributed by atoms with Gasteiger partial charge >= 0.3 is 0 Å². The first-order valence-electron chi connectivity index (χ1n) is 9.59. The molecule has 3 heterocycles. The summed E-state index contributed by atoms with van der Waals surface area (Å²) in [6, 6.07) is 5.36. The molecule has 1 aromatic carbocycles. The highest BCUT2D eigenvalue weighted by Gasteiger charge is 2.24. The van der Waals surface area contributed by atoms with Gasteiger partial charge in [0.1, 0.15) is 21.9 Å². The third-order valence-electron chi connectivity index (χ3n) is 5.10. The number of thioether (sulfide) groups is 1. The van der Waals surface area contributed by atoms with Crippen molar-refractivity contribution in [1.82, 2.24) is 9.97 Å². The van der Waals surface area contributed by atoms with E-state index in [1.165, 1.54) is 16.6 Å². The van der Waals surface area contributed by atoms with Crippen LogP contribution >= 0.6 is 23.1 Å². The highest BCUT2D eigenvalue weighted by Crippen LogP contribution is 2.35. The fourth-order valence-electron chi connectivity index (χ4n) is 3.47. The van der Waals surface area contributed by atoms with Gasteiger partial charge in [-0.3, -0.25) is 9.59 Å². The summed E-state index contributed by atoms with van der Waals surface area (Å²) in [6.07, 6.45) is 2.94. The molecule has 0 bridgehead atoms. The lowest BCUT2D eigenvalue weighted by Gasteiger charge is -2.19. The van der Waals surface area contributed by atoms with Crippen molar-refractivity contribution < 1.29 is 14.3 Å². The predicted molar refractivity (Wildman–Crippen MR) is 121 cm³/mol. The van der Waals surface area contributed by atoms with Crippen molar-refractivity contribution in [3.8, 4) is 5.75 Å². The number of ether oxygens (including phenoxy) is 1. The lowest BCUT2D eigenvalue weighted by Crippen LogP contribution is -2.24. The van der Waals surface area contributed by atoms with Crippen LogP contribution in [-0.4, -0.2) is 41.2 Å². The molecule has 0 atom stereocenters. The molecule has 1 aliphatic heterocycles. The van der Waals surface area contributed by atoms with Crippen LogP contribution in [0, 0.1) is 13.8 Å². The Kier molecular flexibility index (Phi) is 5.92. The number of aryl methyl sites for hydroxylation is 2. The van der Waals surface area contributed by atoms with Crippen LogP contribution in [0.3, 0.4) is 0 Å². The topological polar surface area (TPSA) is 84.4 Å². The Morgan fingerprint density at radius 1 is 1.33 bits per heavy atom. The Morgan fingerprint density at radius 3 is 2.90 bits per heavy atom. The van der Waals surface area contributed by atoms with Gasteiger partial charge in [-0.15, -0.1) is 11.3 Å². The molecule has 9 heteroatoms. The maximum atomic E-state index is 12.5. The summed E-state index contributed by atoms with van der Waals surface area (Å²) in [4.78, 5) is 37.1. The highest BCUT2D eigenvalue weighted by atomic mass is 32.2. The van der Waals surface area contributed by atoms with Crippen LogP contribution in [0.25, 0.3) is 10.2 Å². The van der Waals surface area contributed by atoms with Crippen LogP contribution < -0.4 is 15.0 Å². The van der Waals surface area contributed by atoms with Crippen molar-refractivity contribution in [2.75, 3.05) is 29.6 Å². The zero-order chi connectivity index (χ0) is 21.3. The molecule has 7 nitrogen and oxygen atoms in total. The van der Waals surface area contributed by atoms with Gasteiger partial charge in [0.15, 0.2) is 0 Å². The normalized spacial score (nSPS) is 13.8. The molecule has 3 aromatic rings. The number of nitrogens with one attached hydrogen (secondary N) is 1. The number of hydrogen-bond acceptors (Lipinski definition) is 7. The number of hydrogen-bond donors (Lipinski definition) is 1. The summed E-state index contributed by atoms with van der Waals surface area (Å²) < 4.78 is 5.46. The maximum absolute atomic E-state index is 12.5. The van der Waals surface area contributed by atoms with Crippen molar-refractivity contribution >= 4 is 56.5 Å². The van der Waals surface area contributed by atoms with E-state index in [2.05, 4.69) is 29.1 Å². The molecule has 0 saturated carbocycles. The number of nitrogens with zero attached hydrogens (tertiary/aromatic N) is 3. The largest absolute Gasteiger partial charge is 0.494 e. The first-order valence-corrected chi connectivity index (χ1v) is 11.4. The van der Waals surface area contributed by atoms with Gasteiger partial charge in [0.25, 0.3) is 0 Å². The van der Waals surface area contributed by atoms with E-state index in [0.717, 1.165) is 32.9 Å². The van der Waals surface area contributed by atoms with Crippen LogP contribution in [0.5, 0.6) is 5.75 Å². The molecule has 1 saturated heterocycles. The molecule has 0 aliphatic carbocycles. The summed E-state index contributed by atoms with van der Waals surface area (Å²) in [7, 11) is 1.56. The standard InChI is InChI=1S/C21H22N4O3S2/c1-12-13(2)30-21-19(12)20(22-11-23-21)29-10-17(26)24-14-6-7-15(16(9-14)28-3)25-8-4-5-18(25)27/h6-7,9,11H,4-5,8,10H2,1-3H3,(H,24,26). The van der Waals surface area contributed by atoms with Crippen LogP contribution in [0.4, 0.5) is 11.4 Å². The summed E-state index contributed by atoms with van der Waals surface area (Å²) in [6.45, 7) is 4.81. The molecule has 156 valence electrons. The molecular weight excluding hydrogens is 420 g/mol. The minimum atomic E-state index is -0.136. The average molecular weight is 443 g/mol. The van der Waals surface area contributed by atoms with E-state index >= 15 is 0 Å². The lowest BCUT2D eigenvalue weighted by molar-refractivity contribution is -0.117. The van der Waals surface area contributed by atoms with Gasteiger partial charge in [-0.1, -0.05) is 11.8 Å². The predicted octanol–water partition coefficient (Wildman–Crippen LogP) is 4.17. The summed E-state index contributed by atoms with van der Waals surface area (Å²) in [5.74, 6) is 0.757. The maximum Gasteiger partial charge on any atom is 0.234 e. The molecule has 0 radical (unpaired) electrons. The fourth-order valence-corrected chi connectivity index (χ4v) is 5.39. The summed E-state index contributed by atoms with van der Waals surface area (Å²) in [5, 5.41) is 4.74. The smallest absolute Gasteiger partial charge is 0.234 e. The van der Waals surface area contributed by atoms with Crippen LogP contribution in [0.1, 0.15) is 23.3 Å². The monoisotopic (exact) mass is 442 g/mol. The van der Waals surface area contributed by atoms with Crippen molar-refractivity contribution in [1.29, 1.82) is 0 Å². The Hall–Kier alpha value is -2.65. The first-order chi connectivity index (χ1) is 14.5. The van der Waals surface area contributed by atoms with Gasteiger partial charge in [-0.2, -0.15) is 0 Å². The molecule has 30 heavy (non-hydrogen) atoms. The second-order valence-corrected chi connectivity index (χ2v) is 9.18. The van der Waals surface area contributed by atoms with E-state index in [9.17, 15) is 9.59 Å². The summed E-state index contributed by atoms with van der Waals surface area (Å²) in [5.41, 5.74) is 2.53. The van der Waals surface area contributed by atoms with Gasteiger partial charge in [-0.05, 0) is 38.0 Å². The van der Waals surface area contributed by atoms with E-state index in [1.54, 1.807) is 41.8 Å². The number of methoxy groups -OCH3 is 1. The van der Waals surface area contributed by atoms with Crippen LogP contribution in [-0.2, 0) is 9.59 Å². The van der Waals surface area contributed by atoms with E-state index in [1.807, 2.05) is 6.07 Å². The number of carbonyl (C=O) groups is 2. The average Bonchev–Trinajstić information content (AvgIpc) is 3.29. The van der Waals surface area contributed by atoms with Gasteiger partial charge in [-0.25, -0.2) is 9.97 Å². The van der Waals surface area contributed by atoms with Gasteiger partial charge in [0.05, 0.1) is 18.6 Å². The first kappa shape index (κ1) is 20.6. The molecule has 1 fully saturated rings. The van der Waals surface area contributed by atoms with Crippen molar-refractivity contribution in [2.24, 2.45) is 0 Å². The molecule has 0 unspecified atom stereocenters. The minimum Gasteiger partial charge on any atom is -0.494 e. The Morgan fingerprint density at radius 2 is 2.17 bits per heavy atom. The Labute approximate surface area is 182 Å². The van der Waals surface area contributed by atoms with E-state index < -0.39 is 0 Å². The van der Waals surface area contributed by atoms with Gasteiger partial charge < -0.3 is 15.0 Å². The number of amides is 2. The van der Waals surface area contributed by atoms with Gasteiger partial charge in [0.2, 0.25) is 11.8 Å². The van der Waals surface area contributed by atoms with E-state index in [4.69, 9.17) is 4.74 Å². The van der Waals surface area contributed by atoms with E-state index in [0.29, 0.717) is 24.4 Å². The number of anilines is 2. The second kappa shape index (κ2) is 8.61. The lowest BCUT2D eigenvalue weighted by atomic mass is 10.2. The number of rotatable bonds is 6. The third-order valence-corrected chi connectivity index (χ3v) is 7.20. The fraction of sp³-hybridized carbons (Fsp3) is 0.333.